The molecule has 3 aromatic heterocycles. The molecule has 0 spiro atoms. The van der Waals surface area contributed by atoms with Crippen LogP contribution in [0.1, 0.15) is 11.3 Å². The normalized spacial score (nSPS) is 10.7. The molecule has 3 heterocycles. The maximum atomic E-state index is 12.2. The third-order valence-electron chi connectivity index (χ3n) is 4.35. The molecular formula is C22H19N5OS2. The summed E-state index contributed by atoms with van der Waals surface area (Å²) < 4.78 is 0. The highest BCUT2D eigenvalue weighted by atomic mass is 32.2. The van der Waals surface area contributed by atoms with E-state index in [2.05, 4.69) is 25.5 Å². The fourth-order valence-electron chi connectivity index (χ4n) is 2.80. The van der Waals surface area contributed by atoms with Crippen molar-refractivity contribution in [1.29, 1.82) is 0 Å². The molecule has 0 aliphatic rings. The fraction of sp³-hybridized carbons (Fsp3) is 0.136. The number of anilines is 1. The Morgan fingerprint density at radius 1 is 1.07 bits per heavy atom. The van der Waals surface area contributed by atoms with Crippen molar-refractivity contribution >= 4 is 34.7 Å². The first kappa shape index (κ1) is 20.2. The van der Waals surface area contributed by atoms with Crippen LogP contribution in [0.5, 0.6) is 0 Å². The predicted octanol–water partition coefficient (Wildman–Crippen LogP) is 5.01. The maximum absolute atomic E-state index is 12.2. The van der Waals surface area contributed by atoms with E-state index in [0.29, 0.717) is 5.03 Å². The van der Waals surface area contributed by atoms with Gasteiger partial charge in [0.2, 0.25) is 5.91 Å². The third kappa shape index (κ3) is 4.72. The summed E-state index contributed by atoms with van der Waals surface area (Å²) >= 11 is 2.93. The van der Waals surface area contributed by atoms with Crippen LogP contribution in [0, 0.1) is 13.8 Å². The van der Waals surface area contributed by atoms with Crippen molar-refractivity contribution in [3.8, 4) is 21.1 Å². The molecule has 0 saturated heterocycles. The Kier molecular flexibility index (Phi) is 6.15. The zero-order valence-corrected chi connectivity index (χ0v) is 18.1. The summed E-state index contributed by atoms with van der Waals surface area (Å²) in [6, 6.07) is 15.4. The summed E-state index contributed by atoms with van der Waals surface area (Å²) in [6.07, 6.45) is 3.55. The first-order chi connectivity index (χ1) is 14.6. The number of thiazole rings is 1. The number of carbonyl (C=O) groups is 1. The number of carbonyl (C=O) groups excluding carboxylic acids is 1. The van der Waals surface area contributed by atoms with Crippen molar-refractivity contribution in [2.45, 2.75) is 18.9 Å². The Labute approximate surface area is 182 Å². The molecule has 0 saturated carbocycles. The number of rotatable bonds is 6. The van der Waals surface area contributed by atoms with Gasteiger partial charge < -0.3 is 5.32 Å². The molecule has 0 aliphatic heterocycles. The number of benzene rings is 1. The molecule has 4 rings (SSSR count). The highest BCUT2D eigenvalue weighted by Gasteiger charge is 2.13. The fourth-order valence-corrected chi connectivity index (χ4v) is 4.44. The van der Waals surface area contributed by atoms with E-state index in [4.69, 9.17) is 0 Å². The van der Waals surface area contributed by atoms with Gasteiger partial charge in [-0.05, 0) is 49.7 Å². The van der Waals surface area contributed by atoms with Gasteiger partial charge in [-0.2, -0.15) is 0 Å². The van der Waals surface area contributed by atoms with Crippen LogP contribution in [0.3, 0.4) is 0 Å². The minimum absolute atomic E-state index is 0.0698. The van der Waals surface area contributed by atoms with Gasteiger partial charge in [0.15, 0.2) is 0 Å². The molecular weight excluding hydrogens is 414 g/mol. The molecule has 0 aliphatic carbocycles. The van der Waals surface area contributed by atoms with E-state index in [9.17, 15) is 4.79 Å². The number of nitrogens with one attached hydrogen (secondary N) is 1. The SMILES string of the molecule is Cc1ccccc1NC(=O)CSc1ccc(-c2sc(-c3cccnc3)nc2C)nn1. The lowest BCUT2D eigenvalue weighted by Gasteiger charge is -2.07. The molecule has 0 radical (unpaired) electrons. The van der Waals surface area contributed by atoms with Crippen LogP contribution < -0.4 is 5.32 Å². The van der Waals surface area contributed by atoms with Crippen molar-refractivity contribution in [3.63, 3.8) is 0 Å². The number of amides is 1. The lowest BCUT2D eigenvalue weighted by Crippen LogP contribution is -2.14. The van der Waals surface area contributed by atoms with E-state index in [1.54, 1.807) is 23.7 Å². The zero-order valence-electron chi connectivity index (χ0n) is 16.5. The van der Waals surface area contributed by atoms with Gasteiger partial charge in [-0.15, -0.1) is 21.5 Å². The van der Waals surface area contributed by atoms with Gasteiger partial charge in [0, 0.05) is 23.6 Å². The van der Waals surface area contributed by atoms with Crippen molar-refractivity contribution in [3.05, 3.63) is 72.2 Å². The van der Waals surface area contributed by atoms with Gasteiger partial charge in [0.25, 0.3) is 0 Å². The first-order valence-electron chi connectivity index (χ1n) is 9.30. The molecule has 6 nitrogen and oxygen atoms in total. The van der Waals surface area contributed by atoms with Gasteiger partial charge in [-0.1, -0.05) is 30.0 Å². The van der Waals surface area contributed by atoms with Crippen molar-refractivity contribution < 1.29 is 4.79 Å². The van der Waals surface area contributed by atoms with E-state index in [1.165, 1.54) is 11.8 Å². The highest BCUT2D eigenvalue weighted by Crippen LogP contribution is 2.34. The molecule has 1 aromatic carbocycles. The number of pyridine rings is 1. The molecule has 0 atom stereocenters. The van der Waals surface area contributed by atoms with Gasteiger partial charge in [0.1, 0.15) is 15.7 Å². The summed E-state index contributed by atoms with van der Waals surface area (Å²) in [4.78, 5) is 22.0. The number of nitrogens with zero attached hydrogens (tertiary/aromatic N) is 4. The van der Waals surface area contributed by atoms with Crippen LogP contribution in [0.2, 0.25) is 0 Å². The summed E-state index contributed by atoms with van der Waals surface area (Å²) in [5, 5.41) is 13.2. The standard InChI is InChI=1S/C22H19N5OS2/c1-14-6-3-4-8-17(14)25-19(28)13-29-20-10-9-18(26-27-20)21-15(2)24-22(30-21)16-7-5-11-23-12-16/h3-12H,13H2,1-2H3,(H,25,28). The molecule has 8 heteroatoms. The van der Waals surface area contributed by atoms with E-state index in [0.717, 1.165) is 38.1 Å². The maximum Gasteiger partial charge on any atom is 0.234 e. The molecule has 1 amide bonds. The van der Waals surface area contributed by atoms with Crippen molar-refractivity contribution in [2.75, 3.05) is 11.1 Å². The Morgan fingerprint density at radius 3 is 2.67 bits per heavy atom. The monoisotopic (exact) mass is 433 g/mol. The topological polar surface area (TPSA) is 80.7 Å². The van der Waals surface area contributed by atoms with Crippen LogP contribution in [0.4, 0.5) is 5.69 Å². The van der Waals surface area contributed by atoms with Crippen molar-refractivity contribution in [2.24, 2.45) is 0 Å². The Bertz CT molecular complexity index is 1160. The minimum Gasteiger partial charge on any atom is -0.325 e. The predicted molar refractivity (Wildman–Crippen MR) is 122 cm³/mol. The molecule has 0 fully saturated rings. The smallest absolute Gasteiger partial charge is 0.234 e. The lowest BCUT2D eigenvalue weighted by molar-refractivity contribution is -0.113. The second-order valence-electron chi connectivity index (χ2n) is 6.58. The zero-order chi connectivity index (χ0) is 20.9. The summed E-state index contributed by atoms with van der Waals surface area (Å²) in [6.45, 7) is 3.93. The van der Waals surface area contributed by atoms with Crippen LogP contribution in [0.15, 0.2) is 66.0 Å². The molecule has 0 bridgehead atoms. The molecule has 150 valence electrons. The molecule has 4 aromatic rings. The summed E-state index contributed by atoms with van der Waals surface area (Å²) in [5.41, 5.74) is 4.52. The number of hydrogen-bond acceptors (Lipinski definition) is 7. The van der Waals surface area contributed by atoms with Gasteiger partial charge in [-0.25, -0.2) is 4.98 Å². The second kappa shape index (κ2) is 9.15. The van der Waals surface area contributed by atoms with Gasteiger partial charge in [-0.3, -0.25) is 9.78 Å². The Hall–Kier alpha value is -3.10. The van der Waals surface area contributed by atoms with Crippen LogP contribution in [-0.4, -0.2) is 31.8 Å². The third-order valence-corrected chi connectivity index (χ3v) is 6.50. The summed E-state index contributed by atoms with van der Waals surface area (Å²) in [5.74, 6) is 0.201. The number of aromatic nitrogens is 4. The number of thioether (sulfide) groups is 1. The number of hydrogen-bond donors (Lipinski definition) is 1. The summed E-state index contributed by atoms with van der Waals surface area (Å²) in [7, 11) is 0. The Morgan fingerprint density at radius 2 is 1.93 bits per heavy atom. The molecule has 1 N–H and O–H groups in total. The lowest BCUT2D eigenvalue weighted by atomic mass is 10.2. The van der Waals surface area contributed by atoms with Crippen LogP contribution in [-0.2, 0) is 4.79 Å². The van der Waals surface area contributed by atoms with Crippen molar-refractivity contribution in [1.82, 2.24) is 20.2 Å². The van der Waals surface area contributed by atoms with Crippen LogP contribution in [0.25, 0.3) is 21.1 Å². The first-order valence-corrected chi connectivity index (χ1v) is 11.1. The van der Waals surface area contributed by atoms with E-state index in [-0.39, 0.29) is 11.7 Å². The van der Waals surface area contributed by atoms with E-state index in [1.807, 2.05) is 62.4 Å². The molecule has 0 unspecified atom stereocenters. The average Bonchev–Trinajstić information content (AvgIpc) is 3.16. The number of para-hydroxylation sites is 1. The quantitative estimate of drug-likeness (QED) is 0.431. The molecule has 30 heavy (non-hydrogen) atoms. The largest absolute Gasteiger partial charge is 0.325 e. The second-order valence-corrected chi connectivity index (χ2v) is 8.58. The van der Waals surface area contributed by atoms with E-state index >= 15 is 0 Å². The Balaban J connectivity index is 1.40. The van der Waals surface area contributed by atoms with E-state index < -0.39 is 0 Å². The van der Waals surface area contributed by atoms with Gasteiger partial charge >= 0.3 is 0 Å². The van der Waals surface area contributed by atoms with Gasteiger partial charge in [0.05, 0.1) is 16.3 Å². The van der Waals surface area contributed by atoms with Crippen LogP contribution >= 0.6 is 23.1 Å². The number of aryl methyl sites for hydroxylation is 2. The average molecular weight is 434 g/mol. The minimum atomic E-state index is -0.0698. The highest BCUT2D eigenvalue weighted by molar-refractivity contribution is 7.99.